The number of carbonyl (C=O) groups excluding carboxylic acids is 2. The fraction of sp³-hybridized carbons (Fsp3) is 0.136. The van der Waals surface area contributed by atoms with Crippen molar-refractivity contribution in [1.29, 1.82) is 0 Å². The van der Waals surface area contributed by atoms with Crippen molar-refractivity contribution in [3.63, 3.8) is 0 Å². The Balaban J connectivity index is 1.56. The molecule has 0 aliphatic rings. The lowest BCUT2D eigenvalue weighted by Crippen LogP contribution is -2.22. The van der Waals surface area contributed by atoms with E-state index in [1.54, 1.807) is 36.7 Å². The second-order valence-electron chi connectivity index (χ2n) is 6.36. The van der Waals surface area contributed by atoms with Gasteiger partial charge in [0, 0.05) is 33.7 Å². The number of halogens is 1. The molecule has 0 saturated heterocycles. The molecule has 1 atom stereocenters. The van der Waals surface area contributed by atoms with Gasteiger partial charge in [-0.05, 0) is 55.0 Å². The Labute approximate surface area is 178 Å². The van der Waals surface area contributed by atoms with Crippen LogP contribution in [0, 0.1) is 0 Å². The van der Waals surface area contributed by atoms with Gasteiger partial charge in [0.2, 0.25) is 11.8 Å². The van der Waals surface area contributed by atoms with Crippen LogP contribution in [0.2, 0.25) is 5.02 Å². The monoisotopic (exact) mass is 425 g/mol. The van der Waals surface area contributed by atoms with Gasteiger partial charge in [-0.15, -0.1) is 11.8 Å². The van der Waals surface area contributed by atoms with Gasteiger partial charge < -0.3 is 10.6 Å². The first-order chi connectivity index (χ1) is 14.0. The molecule has 148 valence electrons. The van der Waals surface area contributed by atoms with Crippen molar-refractivity contribution in [2.24, 2.45) is 0 Å². The van der Waals surface area contributed by atoms with Gasteiger partial charge in [0.1, 0.15) is 0 Å². The quantitative estimate of drug-likeness (QED) is 0.520. The molecule has 1 heterocycles. The van der Waals surface area contributed by atoms with E-state index in [2.05, 4.69) is 15.6 Å². The van der Waals surface area contributed by atoms with Gasteiger partial charge in [0.25, 0.3) is 0 Å². The summed E-state index contributed by atoms with van der Waals surface area (Å²) in [5.41, 5.74) is 2.29. The number of aromatic nitrogens is 1. The number of benzene rings is 2. The molecule has 0 bridgehead atoms. The van der Waals surface area contributed by atoms with Gasteiger partial charge >= 0.3 is 0 Å². The molecule has 2 N–H and O–H groups in total. The Bertz CT molecular complexity index is 981. The minimum absolute atomic E-state index is 0.0987. The summed E-state index contributed by atoms with van der Waals surface area (Å²) in [6.07, 6.45) is 3.52. The number of rotatable bonds is 7. The number of amides is 2. The van der Waals surface area contributed by atoms with Crippen molar-refractivity contribution in [3.05, 3.63) is 83.6 Å². The Morgan fingerprint density at radius 2 is 1.72 bits per heavy atom. The summed E-state index contributed by atoms with van der Waals surface area (Å²) in [5.74, 6) is -0.212. The number of hydrogen-bond acceptors (Lipinski definition) is 4. The maximum atomic E-state index is 12.4. The van der Waals surface area contributed by atoms with E-state index >= 15 is 0 Å². The molecule has 0 radical (unpaired) electrons. The number of pyridine rings is 1. The minimum atomic E-state index is -0.303. The van der Waals surface area contributed by atoms with Crippen LogP contribution in [-0.4, -0.2) is 22.0 Å². The topological polar surface area (TPSA) is 71.1 Å². The molecular weight excluding hydrogens is 406 g/mol. The van der Waals surface area contributed by atoms with Crippen LogP contribution in [0.15, 0.2) is 78.0 Å². The fourth-order valence-corrected chi connectivity index (χ4v) is 3.63. The van der Waals surface area contributed by atoms with E-state index in [0.717, 1.165) is 10.5 Å². The summed E-state index contributed by atoms with van der Waals surface area (Å²) < 4.78 is 0. The predicted octanol–water partition coefficient (Wildman–Crippen LogP) is 5.04. The first-order valence-electron chi connectivity index (χ1n) is 9.01. The van der Waals surface area contributed by atoms with Crippen LogP contribution in [0.4, 0.5) is 11.4 Å². The van der Waals surface area contributed by atoms with Crippen molar-refractivity contribution in [3.8, 4) is 0 Å². The standard InChI is InChI=1S/C22H20ClN3O2S/c1-15(22(28)26-18-9-11-24-12-10-18)29-20-4-2-3-19(14-20)25-21(27)13-16-5-7-17(23)8-6-16/h2-12,14-15H,13H2,1H3,(H,25,27)(H,24,26,28). The lowest BCUT2D eigenvalue weighted by atomic mass is 10.1. The first kappa shape index (κ1) is 20.9. The van der Waals surface area contributed by atoms with Gasteiger partial charge in [0.05, 0.1) is 11.7 Å². The number of thioether (sulfide) groups is 1. The lowest BCUT2D eigenvalue weighted by molar-refractivity contribution is -0.116. The van der Waals surface area contributed by atoms with Gasteiger partial charge in [-0.1, -0.05) is 29.8 Å². The normalized spacial score (nSPS) is 11.5. The van der Waals surface area contributed by atoms with Crippen LogP contribution in [0.5, 0.6) is 0 Å². The van der Waals surface area contributed by atoms with Crippen molar-refractivity contribution < 1.29 is 9.59 Å². The van der Waals surface area contributed by atoms with Gasteiger partial charge in [-0.25, -0.2) is 0 Å². The Morgan fingerprint density at radius 1 is 1.00 bits per heavy atom. The predicted molar refractivity (Wildman–Crippen MR) is 118 cm³/mol. The van der Waals surface area contributed by atoms with Crippen LogP contribution < -0.4 is 10.6 Å². The smallest absolute Gasteiger partial charge is 0.237 e. The summed E-state index contributed by atoms with van der Waals surface area (Å²) >= 11 is 7.29. The van der Waals surface area contributed by atoms with E-state index in [0.29, 0.717) is 16.4 Å². The van der Waals surface area contributed by atoms with Crippen LogP contribution in [0.3, 0.4) is 0 Å². The molecule has 0 aliphatic carbocycles. The van der Waals surface area contributed by atoms with Gasteiger partial charge in [-0.2, -0.15) is 0 Å². The van der Waals surface area contributed by atoms with Crippen LogP contribution in [0.25, 0.3) is 0 Å². The molecule has 29 heavy (non-hydrogen) atoms. The average Bonchev–Trinajstić information content (AvgIpc) is 2.70. The number of hydrogen-bond donors (Lipinski definition) is 2. The van der Waals surface area contributed by atoms with Crippen molar-refractivity contribution >= 4 is 46.6 Å². The molecular formula is C22H20ClN3O2S. The zero-order chi connectivity index (χ0) is 20.6. The summed E-state index contributed by atoms with van der Waals surface area (Å²) in [4.78, 5) is 29.5. The second kappa shape index (κ2) is 10.1. The van der Waals surface area contributed by atoms with E-state index in [1.165, 1.54) is 11.8 Å². The summed E-state index contributed by atoms with van der Waals surface area (Å²) in [5, 5.41) is 6.09. The zero-order valence-electron chi connectivity index (χ0n) is 15.8. The maximum Gasteiger partial charge on any atom is 0.237 e. The van der Waals surface area contributed by atoms with Gasteiger partial charge in [-0.3, -0.25) is 14.6 Å². The molecule has 0 saturated carbocycles. The SMILES string of the molecule is CC(Sc1cccc(NC(=O)Cc2ccc(Cl)cc2)c1)C(=O)Nc1ccncc1. The van der Waals surface area contributed by atoms with Crippen molar-refractivity contribution in [2.45, 2.75) is 23.5 Å². The Hall–Kier alpha value is -2.83. The Kier molecular flexibility index (Phi) is 7.27. The third-order valence-electron chi connectivity index (χ3n) is 4.03. The third-order valence-corrected chi connectivity index (χ3v) is 5.37. The second-order valence-corrected chi connectivity index (χ2v) is 8.22. The molecule has 1 aromatic heterocycles. The van der Waals surface area contributed by atoms with E-state index in [1.807, 2.05) is 43.3 Å². The highest BCUT2D eigenvalue weighted by molar-refractivity contribution is 8.00. The largest absolute Gasteiger partial charge is 0.326 e. The highest BCUT2D eigenvalue weighted by Crippen LogP contribution is 2.26. The summed E-state index contributed by atoms with van der Waals surface area (Å²) in [6, 6.07) is 18.1. The van der Waals surface area contributed by atoms with E-state index in [4.69, 9.17) is 11.6 Å². The highest BCUT2D eigenvalue weighted by atomic mass is 35.5. The number of carbonyl (C=O) groups is 2. The summed E-state index contributed by atoms with van der Waals surface area (Å²) in [6.45, 7) is 1.84. The third kappa shape index (κ3) is 6.62. The molecule has 0 aliphatic heterocycles. The molecule has 3 aromatic rings. The molecule has 2 aromatic carbocycles. The minimum Gasteiger partial charge on any atom is -0.326 e. The number of anilines is 2. The Morgan fingerprint density at radius 3 is 2.45 bits per heavy atom. The lowest BCUT2D eigenvalue weighted by Gasteiger charge is -2.13. The molecule has 7 heteroatoms. The zero-order valence-corrected chi connectivity index (χ0v) is 17.3. The molecule has 0 fully saturated rings. The molecule has 0 spiro atoms. The van der Waals surface area contributed by atoms with E-state index in [9.17, 15) is 9.59 Å². The molecule has 1 unspecified atom stereocenters. The molecule has 2 amide bonds. The molecule has 3 rings (SSSR count). The van der Waals surface area contributed by atoms with Crippen LogP contribution in [-0.2, 0) is 16.0 Å². The average molecular weight is 426 g/mol. The van der Waals surface area contributed by atoms with Crippen LogP contribution >= 0.6 is 23.4 Å². The first-order valence-corrected chi connectivity index (χ1v) is 10.3. The van der Waals surface area contributed by atoms with Gasteiger partial charge in [0.15, 0.2) is 0 Å². The van der Waals surface area contributed by atoms with Crippen molar-refractivity contribution in [2.75, 3.05) is 10.6 Å². The van der Waals surface area contributed by atoms with Crippen molar-refractivity contribution in [1.82, 2.24) is 4.98 Å². The van der Waals surface area contributed by atoms with E-state index < -0.39 is 0 Å². The molecule has 5 nitrogen and oxygen atoms in total. The highest BCUT2D eigenvalue weighted by Gasteiger charge is 2.15. The summed E-state index contributed by atoms with van der Waals surface area (Å²) in [7, 11) is 0. The van der Waals surface area contributed by atoms with Crippen LogP contribution in [0.1, 0.15) is 12.5 Å². The maximum absolute atomic E-state index is 12.4. The number of nitrogens with one attached hydrogen (secondary N) is 2. The fourth-order valence-electron chi connectivity index (χ4n) is 2.58. The number of nitrogens with zero attached hydrogens (tertiary/aromatic N) is 1. The van der Waals surface area contributed by atoms with E-state index in [-0.39, 0.29) is 23.5 Å².